The lowest BCUT2D eigenvalue weighted by Crippen LogP contribution is -2.15. The zero-order valence-corrected chi connectivity index (χ0v) is 13.1. The molecule has 0 fully saturated rings. The van der Waals surface area contributed by atoms with Crippen molar-refractivity contribution in [1.82, 2.24) is 24.3 Å². The predicted molar refractivity (Wildman–Crippen MR) is 84.5 cm³/mol. The predicted octanol–water partition coefficient (Wildman–Crippen LogP) is 0.506. The number of methoxy groups -OCH3 is 1. The Morgan fingerprint density at radius 3 is 2.87 bits per heavy atom. The van der Waals surface area contributed by atoms with E-state index >= 15 is 0 Å². The first-order chi connectivity index (χ1) is 11.1. The third-order valence-electron chi connectivity index (χ3n) is 3.50. The highest BCUT2D eigenvalue weighted by Crippen LogP contribution is 2.20. The molecule has 3 aromatic heterocycles. The van der Waals surface area contributed by atoms with Gasteiger partial charge in [-0.15, -0.1) is 0 Å². The smallest absolute Gasteiger partial charge is 0.225 e. The van der Waals surface area contributed by atoms with Crippen LogP contribution in [0, 0.1) is 0 Å². The van der Waals surface area contributed by atoms with Crippen LogP contribution in [0.1, 0.15) is 5.82 Å². The molecule has 0 radical (unpaired) electrons. The monoisotopic (exact) mass is 314 g/mol. The average Bonchev–Trinajstić information content (AvgIpc) is 3.08. The molecule has 8 heteroatoms. The van der Waals surface area contributed by atoms with Gasteiger partial charge in [-0.2, -0.15) is 5.10 Å². The number of aromatic nitrogens is 5. The number of hydrogen-bond acceptors (Lipinski definition) is 5. The van der Waals surface area contributed by atoms with Crippen LogP contribution in [0.4, 0.5) is 0 Å². The first-order valence-corrected chi connectivity index (χ1v) is 7.22. The van der Waals surface area contributed by atoms with E-state index in [0.717, 1.165) is 11.0 Å². The van der Waals surface area contributed by atoms with Crippen LogP contribution < -0.4 is 5.73 Å². The SMILES string of the molecule is COCCn1nc(CC(N)=O)nc1-c1ccc2ccn(C)c2n1. The Balaban J connectivity index is 2.05. The van der Waals surface area contributed by atoms with Crippen molar-refractivity contribution in [3.8, 4) is 11.5 Å². The molecule has 0 spiro atoms. The van der Waals surface area contributed by atoms with Gasteiger partial charge in [0, 0.05) is 25.7 Å². The Morgan fingerprint density at radius 1 is 1.30 bits per heavy atom. The van der Waals surface area contributed by atoms with Crippen LogP contribution in [-0.2, 0) is 29.5 Å². The Morgan fingerprint density at radius 2 is 2.13 bits per heavy atom. The van der Waals surface area contributed by atoms with Crippen LogP contribution in [0.25, 0.3) is 22.6 Å². The number of carbonyl (C=O) groups is 1. The lowest BCUT2D eigenvalue weighted by atomic mass is 10.3. The molecule has 0 aliphatic rings. The largest absolute Gasteiger partial charge is 0.383 e. The summed E-state index contributed by atoms with van der Waals surface area (Å²) in [4.78, 5) is 20.2. The van der Waals surface area contributed by atoms with Gasteiger partial charge in [0.1, 0.15) is 11.3 Å². The van der Waals surface area contributed by atoms with Crippen LogP contribution >= 0.6 is 0 Å². The maximum absolute atomic E-state index is 11.1. The van der Waals surface area contributed by atoms with Crippen LogP contribution in [0.3, 0.4) is 0 Å². The van der Waals surface area contributed by atoms with Gasteiger partial charge >= 0.3 is 0 Å². The van der Waals surface area contributed by atoms with E-state index in [0.29, 0.717) is 30.5 Å². The fourth-order valence-electron chi connectivity index (χ4n) is 2.40. The zero-order valence-electron chi connectivity index (χ0n) is 13.1. The first kappa shape index (κ1) is 15.2. The molecule has 0 saturated carbocycles. The molecule has 3 aromatic rings. The van der Waals surface area contributed by atoms with Crippen molar-refractivity contribution in [3.05, 3.63) is 30.2 Å². The van der Waals surface area contributed by atoms with Crippen LogP contribution in [0.15, 0.2) is 24.4 Å². The quantitative estimate of drug-likeness (QED) is 0.714. The van der Waals surface area contributed by atoms with Crippen molar-refractivity contribution in [2.75, 3.05) is 13.7 Å². The number of pyridine rings is 1. The molecule has 0 aliphatic heterocycles. The molecule has 3 rings (SSSR count). The lowest BCUT2D eigenvalue weighted by molar-refractivity contribution is -0.117. The molecule has 0 atom stereocenters. The van der Waals surface area contributed by atoms with Crippen LogP contribution in [0.2, 0.25) is 0 Å². The summed E-state index contributed by atoms with van der Waals surface area (Å²) in [5.74, 6) is 0.519. The number of primary amides is 1. The fourth-order valence-corrected chi connectivity index (χ4v) is 2.40. The Hall–Kier alpha value is -2.74. The van der Waals surface area contributed by atoms with E-state index in [1.54, 1.807) is 11.8 Å². The minimum Gasteiger partial charge on any atom is -0.383 e. The van der Waals surface area contributed by atoms with Gasteiger partial charge < -0.3 is 15.0 Å². The van der Waals surface area contributed by atoms with Gasteiger partial charge in [0.15, 0.2) is 11.6 Å². The van der Waals surface area contributed by atoms with Gasteiger partial charge in [0.05, 0.1) is 19.6 Å². The maximum Gasteiger partial charge on any atom is 0.225 e. The summed E-state index contributed by atoms with van der Waals surface area (Å²) in [5, 5.41) is 5.38. The number of hydrogen-bond donors (Lipinski definition) is 1. The van der Waals surface area contributed by atoms with E-state index in [9.17, 15) is 4.79 Å². The topological polar surface area (TPSA) is 101 Å². The summed E-state index contributed by atoms with van der Waals surface area (Å²) in [7, 11) is 3.56. The third-order valence-corrected chi connectivity index (χ3v) is 3.50. The van der Waals surface area contributed by atoms with Crippen LogP contribution in [-0.4, -0.2) is 43.9 Å². The van der Waals surface area contributed by atoms with E-state index in [-0.39, 0.29) is 6.42 Å². The summed E-state index contributed by atoms with van der Waals surface area (Å²) in [6.07, 6.45) is 1.95. The van der Waals surface area contributed by atoms with E-state index in [1.807, 2.05) is 36.0 Å². The van der Waals surface area contributed by atoms with Gasteiger partial charge in [-0.25, -0.2) is 14.6 Å². The second kappa shape index (κ2) is 6.17. The number of ether oxygens (including phenoxy) is 1. The summed E-state index contributed by atoms with van der Waals surface area (Å²) >= 11 is 0. The second-order valence-corrected chi connectivity index (χ2v) is 5.25. The Labute approximate surface area is 132 Å². The van der Waals surface area contributed by atoms with Crippen molar-refractivity contribution < 1.29 is 9.53 Å². The number of carbonyl (C=O) groups excluding carboxylic acids is 1. The lowest BCUT2D eigenvalue weighted by Gasteiger charge is -2.05. The fraction of sp³-hybridized carbons (Fsp3) is 0.333. The highest BCUT2D eigenvalue weighted by Gasteiger charge is 2.15. The molecule has 2 N–H and O–H groups in total. The van der Waals surface area contributed by atoms with Gasteiger partial charge in [0.2, 0.25) is 5.91 Å². The number of aryl methyl sites for hydroxylation is 1. The van der Waals surface area contributed by atoms with E-state index in [2.05, 4.69) is 15.1 Å². The van der Waals surface area contributed by atoms with Gasteiger partial charge in [-0.05, 0) is 18.2 Å². The number of nitrogens with zero attached hydrogens (tertiary/aromatic N) is 5. The van der Waals surface area contributed by atoms with Crippen LogP contribution in [0.5, 0.6) is 0 Å². The van der Waals surface area contributed by atoms with E-state index in [4.69, 9.17) is 10.5 Å². The molecule has 0 aromatic carbocycles. The molecule has 3 heterocycles. The third kappa shape index (κ3) is 3.07. The number of fused-ring (bicyclic) bond motifs is 1. The molecule has 8 nitrogen and oxygen atoms in total. The average molecular weight is 314 g/mol. The minimum atomic E-state index is -0.466. The first-order valence-electron chi connectivity index (χ1n) is 7.22. The van der Waals surface area contributed by atoms with Gasteiger partial charge in [0.25, 0.3) is 0 Å². The highest BCUT2D eigenvalue weighted by molar-refractivity contribution is 5.79. The molecule has 0 aliphatic carbocycles. The molecular formula is C15H18N6O2. The van der Waals surface area contributed by atoms with Crippen molar-refractivity contribution in [2.24, 2.45) is 12.8 Å². The number of rotatable bonds is 6. The summed E-state index contributed by atoms with van der Waals surface area (Å²) in [5.41, 5.74) is 6.79. The van der Waals surface area contributed by atoms with Crippen molar-refractivity contribution >= 4 is 16.9 Å². The molecule has 120 valence electrons. The minimum absolute atomic E-state index is 0.000614. The summed E-state index contributed by atoms with van der Waals surface area (Å²) < 4.78 is 8.74. The molecule has 0 saturated heterocycles. The van der Waals surface area contributed by atoms with Crippen molar-refractivity contribution in [3.63, 3.8) is 0 Å². The van der Waals surface area contributed by atoms with E-state index in [1.165, 1.54) is 0 Å². The normalized spacial score (nSPS) is 11.2. The molecule has 1 amide bonds. The molecular weight excluding hydrogens is 296 g/mol. The van der Waals surface area contributed by atoms with Gasteiger partial charge in [-0.3, -0.25) is 4.79 Å². The summed E-state index contributed by atoms with van der Waals surface area (Å²) in [6.45, 7) is 1.00. The molecule has 0 bridgehead atoms. The van der Waals surface area contributed by atoms with Gasteiger partial charge in [-0.1, -0.05) is 0 Å². The Kier molecular flexibility index (Phi) is 4.07. The Bertz CT molecular complexity index is 851. The van der Waals surface area contributed by atoms with E-state index < -0.39 is 5.91 Å². The number of nitrogens with two attached hydrogens (primary N) is 1. The summed E-state index contributed by atoms with van der Waals surface area (Å²) in [6, 6.07) is 5.88. The van der Waals surface area contributed by atoms with Crippen molar-refractivity contribution in [1.29, 1.82) is 0 Å². The standard InChI is InChI=1S/C15H18N6O2/c1-20-6-5-10-3-4-11(17-14(10)20)15-18-13(9-12(16)22)19-21(15)7-8-23-2/h3-6H,7-9H2,1-2H3,(H2,16,22). The zero-order chi connectivity index (χ0) is 16.4. The molecule has 23 heavy (non-hydrogen) atoms. The van der Waals surface area contributed by atoms with Crippen molar-refractivity contribution in [2.45, 2.75) is 13.0 Å². The molecule has 0 unspecified atom stereocenters. The second-order valence-electron chi connectivity index (χ2n) is 5.25. The highest BCUT2D eigenvalue weighted by atomic mass is 16.5. The number of amides is 1. The maximum atomic E-state index is 11.1.